The van der Waals surface area contributed by atoms with Crippen molar-refractivity contribution in [2.45, 2.75) is 32.0 Å². The Labute approximate surface area is 108 Å². The van der Waals surface area contributed by atoms with Crippen LogP contribution in [-0.2, 0) is 0 Å². The highest BCUT2D eigenvalue weighted by Crippen LogP contribution is 2.24. The lowest BCUT2D eigenvalue weighted by atomic mass is 9.90. The number of hydrogen-bond acceptors (Lipinski definition) is 4. The summed E-state index contributed by atoms with van der Waals surface area (Å²) in [6.45, 7) is 7.15. The molecule has 0 saturated carbocycles. The SMILES string of the molecule is CC(C)(C)CC(Br)CNC(=O)c1cnns1. The second kappa shape index (κ2) is 5.72. The van der Waals surface area contributed by atoms with Crippen molar-refractivity contribution >= 4 is 33.4 Å². The van der Waals surface area contributed by atoms with Gasteiger partial charge in [0.1, 0.15) is 4.88 Å². The molecule has 1 amide bonds. The van der Waals surface area contributed by atoms with Crippen LogP contribution in [-0.4, -0.2) is 26.9 Å². The van der Waals surface area contributed by atoms with Gasteiger partial charge in [-0.3, -0.25) is 4.79 Å². The van der Waals surface area contributed by atoms with E-state index in [1.807, 2.05) is 0 Å². The van der Waals surface area contributed by atoms with E-state index in [0.29, 0.717) is 11.4 Å². The molecule has 1 atom stereocenters. The standard InChI is InChI=1S/C10H16BrN3OS/c1-10(2,3)4-7(11)5-12-9(15)8-6-13-14-16-8/h6-7H,4-5H2,1-3H3,(H,12,15). The molecule has 1 N–H and O–H groups in total. The summed E-state index contributed by atoms with van der Waals surface area (Å²) < 4.78 is 3.65. The van der Waals surface area contributed by atoms with E-state index in [-0.39, 0.29) is 16.1 Å². The molecule has 16 heavy (non-hydrogen) atoms. The van der Waals surface area contributed by atoms with Crippen LogP contribution in [0, 0.1) is 5.41 Å². The maximum absolute atomic E-state index is 11.6. The number of amides is 1. The minimum atomic E-state index is -0.103. The van der Waals surface area contributed by atoms with Crippen molar-refractivity contribution in [1.82, 2.24) is 14.9 Å². The molecule has 0 aliphatic rings. The van der Waals surface area contributed by atoms with Crippen molar-refractivity contribution in [3.8, 4) is 0 Å². The lowest BCUT2D eigenvalue weighted by molar-refractivity contribution is 0.0956. The summed E-state index contributed by atoms with van der Waals surface area (Å²) in [7, 11) is 0. The topological polar surface area (TPSA) is 54.9 Å². The quantitative estimate of drug-likeness (QED) is 0.869. The first-order valence-electron chi connectivity index (χ1n) is 5.08. The molecule has 0 aromatic carbocycles. The molecular weight excluding hydrogens is 290 g/mol. The minimum absolute atomic E-state index is 0.103. The largest absolute Gasteiger partial charge is 0.350 e. The summed E-state index contributed by atoms with van der Waals surface area (Å²) in [4.78, 5) is 12.4. The van der Waals surface area contributed by atoms with Gasteiger partial charge in [-0.15, -0.1) is 5.10 Å². The number of carbonyl (C=O) groups is 1. The van der Waals surface area contributed by atoms with Crippen LogP contribution >= 0.6 is 27.5 Å². The Morgan fingerprint density at radius 2 is 2.31 bits per heavy atom. The first-order valence-corrected chi connectivity index (χ1v) is 6.77. The predicted octanol–water partition coefficient (Wildman–Crippen LogP) is 2.47. The summed E-state index contributed by atoms with van der Waals surface area (Å²) in [5, 5.41) is 6.48. The zero-order chi connectivity index (χ0) is 12.2. The molecule has 1 unspecified atom stereocenters. The fraction of sp³-hybridized carbons (Fsp3) is 0.700. The summed E-state index contributed by atoms with van der Waals surface area (Å²) in [6, 6.07) is 0. The van der Waals surface area contributed by atoms with Crippen LogP contribution in [0.3, 0.4) is 0 Å². The van der Waals surface area contributed by atoms with E-state index >= 15 is 0 Å². The molecule has 0 aliphatic heterocycles. The highest BCUT2D eigenvalue weighted by Gasteiger charge is 2.17. The molecule has 90 valence electrons. The molecule has 0 saturated heterocycles. The Morgan fingerprint density at radius 3 is 2.81 bits per heavy atom. The first kappa shape index (κ1) is 13.6. The molecule has 0 radical (unpaired) electrons. The number of nitrogens with one attached hydrogen (secondary N) is 1. The monoisotopic (exact) mass is 305 g/mol. The van der Waals surface area contributed by atoms with Gasteiger partial charge >= 0.3 is 0 Å². The van der Waals surface area contributed by atoms with Gasteiger partial charge in [0, 0.05) is 11.4 Å². The second-order valence-corrected chi connectivity index (χ2v) is 6.93. The van der Waals surface area contributed by atoms with Gasteiger partial charge in [-0.2, -0.15) is 0 Å². The molecule has 0 aliphatic carbocycles. The third kappa shape index (κ3) is 5.03. The maximum atomic E-state index is 11.6. The van der Waals surface area contributed by atoms with Gasteiger partial charge in [-0.1, -0.05) is 41.2 Å². The van der Waals surface area contributed by atoms with E-state index in [0.717, 1.165) is 18.0 Å². The lowest BCUT2D eigenvalue weighted by Crippen LogP contribution is -2.30. The summed E-state index contributed by atoms with van der Waals surface area (Å²) in [6.07, 6.45) is 2.49. The number of aromatic nitrogens is 2. The van der Waals surface area contributed by atoms with Crippen LogP contribution in [0.15, 0.2) is 6.20 Å². The van der Waals surface area contributed by atoms with Crippen molar-refractivity contribution in [2.75, 3.05) is 6.54 Å². The molecule has 1 aromatic rings. The first-order chi connectivity index (χ1) is 7.38. The average molecular weight is 306 g/mol. The number of carbonyl (C=O) groups excluding carboxylic acids is 1. The number of rotatable bonds is 4. The zero-order valence-electron chi connectivity index (χ0n) is 9.66. The summed E-state index contributed by atoms with van der Waals surface area (Å²) in [5.41, 5.74) is 0.255. The van der Waals surface area contributed by atoms with E-state index < -0.39 is 0 Å². The fourth-order valence-electron chi connectivity index (χ4n) is 1.29. The van der Waals surface area contributed by atoms with Crippen molar-refractivity contribution < 1.29 is 4.79 Å². The maximum Gasteiger partial charge on any atom is 0.264 e. The number of halogens is 1. The van der Waals surface area contributed by atoms with E-state index in [1.54, 1.807) is 0 Å². The molecule has 0 bridgehead atoms. The second-order valence-electron chi connectivity index (χ2n) is 4.85. The Kier molecular flexibility index (Phi) is 4.86. The fourth-order valence-corrected chi connectivity index (χ4v) is 2.86. The number of nitrogens with zero attached hydrogens (tertiary/aromatic N) is 2. The molecule has 0 fully saturated rings. The van der Waals surface area contributed by atoms with E-state index in [9.17, 15) is 4.79 Å². The van der Waals surface area contributed by atoms with Crippen LogP contribution in [0.2, 0.25) is 0 Å². The summed E-state index contributed by atoms with van der Waals surface area (Å²) in [5.74, 6) is -0.103. The van der Waals surface area contributed by atoms with Crippen LogP contribution in [0.5, 0.6) is 0 Å². The molecule has 1 heterocycles. The minimum Gasteiger partial charge on any atom is -0.350 e. The van der Waals surface area contributed by atoms with Gasteiger partial charge in [0.15, 0.2) is 0 Å². The Bertz CT molecular complexity index is 334. The van der Waals surface area contributed by atoms with E-state index in [4.69, 9.17) is 0 Å². The van der Waals surface area contributed by atoms with Crippen molar-refractivity contribution in [1.29, 1.82) is 0 Å². The molecular formula is C10H16BrN3OS. The van der Waals surface area contributed by atoms with Gasteiger partial charge in [0.25, 0.3) is 5.91 Å². The molecule has 1 rings (SSSR count). The molecule has 4 nitrogen and oxygen atoms in total. The van der Waals surface area contributed by atoms with Crippen LogP contribution in [0.25, 0.3) is 0 Å². The van der Waals surface area contributed by atoms with Gasteiger partial charge in [-0.25, -0.2) is 0 Å². The van der Waals surface area contributed by atoms with Gasteiger partial charge in [-0.05, 0) is 23.4 Å². The third-order valence-electron chi connectivity index (χ3n) is 1.90. The van der Waals surface area contributed by atoms with Gasteiger partial charge in [0.2, 0.25) is 0 Å². The highest BCUT2D eigenvalue weighted by molar-refractivity contribution is 9.09. The van der Waals surface area contributed by atoms with Crippen LogP contribution in [0.1, 0.15) is 36.9 Å². The highest BCUT2D eigenvalue weighted by atomic mass is 79.9. The predicted molar refractivity (Wildman–Crippen MR) is 69.0 cm³/mol. The molecule has 6 heteroatoms. The van der Waals surface area contributed by atoms with E-state index in [2.05, 4.69) is 51.6 Å². The van der Waals surface area contributed by atoms with E-state index in [1.165, 1.54) is 6.20 Å². The van der Waals surface area contributed by atoms with Crippen LogP contribution in [0.4, 0.5) is 0 Å². The summed E-state index contributed by atoms with van der Waals surface area (Å²) >= 11 is 4.67. The third-order valence-corrected chi connectivity index (χ3v) is 3.21. The van der Waals surface area contributed by atoms with Crippen molar-refractivity contribution in [3.05, 3.63) is 11.1 Å². The average Bonchev–Trinajstić information content (AvgIpc) is 2.64. The van der Waals surface area contributed by atoms with Gasteiger partial charge < -0.3 is 5.32 Å². The lowest BCUT2D eigenvalue weighted by Gasteiger charge is -2.22. The van der Waals surface area contributed by atoms with Crippen molar-refractivity contribution in [3.63, 3.8) is 0 Å². The Morgan fingerprint density at radius 1 is 1.62 bits per heavy atom. The molecule has 1 aromatic heterocycles. The number of hydrogen-bond donors (Lipinski definition) is 1. The van der Waals surface area contributed by atoms with Crippen molar-refractivity contribution in [2.24, 2.45) is 5.41 Å². The molecule has 0 spiro atoms. The Balaban J connectivity index is 2.32. The zero-order valence-corrected chi connectivity index (χ0v) is 12.1. The van der Waals surface area contributed by atoms with Gasteiger partial charge in [0.05, 0.1) is 6.20 Å². The number of alkyl halides is 1. The Hall–Kier alpha value is -0.490. The smallest absolute Gasteiger partial charge is 0.264 e. The normalized spacial score (nSPS) is 13.5. The van der Waals surface area contributed by atoms with Crippen LogP contribution < -0.4 is 5.32 Å².